The van der Waals surface area contributed by atoms with Gasteiger partial charge in [-0.2, -0.15) is 0 Å². The number of aromatic nitrogens is 1. The summed E-state index contributed by atoms with van der Waals surface area (Å²) in [5, 5.41) is -0.0278. The van der Waals surface area contributed by atoms with Gasteiger partial charge in [-0.1, -0.05) is 11.6 Å². The first-order chi connectivity index (χ1) is 14.4. The predicted octanol–water partition coefficient (Wildman–Crippen LogP) is 4.61. The zero-order chi connectivity index (χ0) is 22.9. The van der Waals surface area contributed by atoms with Gasteiger partial charge < -0.3 is 4.74 Å². The van der Waals surface area contributed by atoms with Crippen LogP contribution in [0, 0.1) is 24.4 Å². The molecule has 0 unspecified atom stereocenters. The Morgan fingerprint density at radius 2 is 1.81 bits per heavy atom. The number of nitrogens with one attached hydrogen (secondary N) is 1. The molecule has 2 aromatic carbocycles. The summed E-state index contributed by atoms with van der Waals surface area (Å²) in [5.41, 5.74) is 0.694. The van der Waals surface area contributed by atoms with Crippen LogP contribution >= 0.6 is 11.6 Å². The Bertz CT molecular complexity index is 1300. The minimum absolute atomic E-state index is 0.0278. The molecule has 0 saturated heterocycles. The van der Waals surface area contributed by atoms with E-state index in [9.17, 15) is 26.4 Å². The van der Waals surface area contributed by atoms with Crippen LogP contribution in [0.2, 0.25) is 5.02 Å². The Kier molecular flexibility index (Phi) is 6.23. The van der Waals surface area contributed by atoms with E-state index < -0.39 is 38.9 Å². The van der Waals surface area contributed by atoms with Gasteiger partial charge in [-0.05, 0) is 48.4 Å². The fourth-order valence-electron chi connectivity index (χ4n) is 2.70. The zero-order valence-electron chi connectivity index (χ0n) is 16.0. The SMILES string of the molecule is Cc1cc(C(=O)NS(C)(=O)=O)c(F)cc1-c1cnc(Oc2ccc(F)cc2F)c(Cl)c1. The molecule has 0 aliphatic carbocycles. The van der Waals surface area contributed by atoms with Crippen molar-refractivity contribution in [1.82, 2.24) is 9.71 Å². The number of hydrogen-bond acceptors (Lipinski definition) is 5. The number of pyridine rings is 1. The van der Waals surface area contributed by atoms with Crippen molar-refractivity contribution in [3.8, 4) is 22.8 Å². The molecule has 0 radical (unpaired) electrons. The van der Waals surface area contributed by atoms with Gasteiger partial charge in [-0.25, -0.2) is 31.3 Å². The number of hydrogen-bond donors (Lipinski definition) is 1. The molecule has 6 nitrogen and oxygen atoms in total. The second kappa shape index (κ2) is 8.56. The summed E-state index contributed by atoms with van der Waals surface area (Å²) < 4.78 is 70.6. The van der Waals surface area contributed by atoms with Gasteiger partial charge in [0, 0.05) is 17.8 Å². The number of carbonyl (C=O) groups is 1. The van der Waals surface area contributed by atoms with Gasteiger partial charge in [0.1, 0.15) is 16.7 Å². The van der Waals surface area contributed by atoms with Gasteiger partial charge in [0.25, 0.3) is 5.91 Å². The molecular weight excluding hydrogens is 457 g/mol. The summed E-state index contributed by atoms with van der Waals surface area (Å²) in [5.74, 6) is -4.21. The van der Waals surface area contributed by atoms with Crippen molar-refractivity contribution in [3.63, 3.8) is 0 Å². The fraction of sp³-hybridized carbons (Fsp3) is 0.100. The summed E-state index contributed by atoms with van der Waals surface area (Å²) in [4.78, 5) is 16.0. The quantitative estimate of drug-likeness (QED) is 0.588. The maximum atomic E-state index is 14.5. The van der Waals surface area contributed by atoms with Crippen molar-refractivity contribution in [2.24, 2.45) is 0 Å². The van der Waals surface area contributed by atoms with Crippen LogP contribution in [0.1, 0.15) is 15.9 Å². The van der Waals surface area contributed by atoms with Crippen molar-refractivity contribution in [2.45, 2.75) is 6.92 Å². The molecular formula is C20H14ClF3N2O4S. The van der Waals surface area contributed by atoms with Crippen molar-refractivity contribution in [3.05, 3.63) is 76.2 Å². The van der Waals surface area contributed by atoms with E-state index in [1.54, 1.807) is 11.6 Å². The van der Waals surface area contributed by atoms with E-state index in [1.807, 2.05) is 0 Å². The highest BCUT2D eigenvalue weighted by molar-refractivity contribution is 7.89. The molecule has 1 aromatic heterocycles. The van der Waals surface area contributed by atoms with Crippen LogP contribution in [0.3, 0.4) is 0 Å². The van der Waals surface area contributed by atoms with E-state index in [2.05, 4.69) is 4.98 Å². The Morgan fingerprint density at radius 1 is 1.10 bits per heavy atom. The number of amides is 1. The minimum atomic E-state index is -3.86. The number of rotatable bonds is 5. The van der Waals surface area contributed by atoms with Gasteiger partial charge in [-0.3, -0.25) is 4.79 Å². The average molecular weight is 471 g/mol. The number of aryl methyl sites for hydroxylation is 1. The van der Waals surface area contributed by atoms with Crippen LogP contribution in [-0.2, 0) is 10.0 Å². The van der Waals surface area contributed by atoms with Gasteiger partial charge >= 0.3 is 0 Å². The van der Waals surface area contributed by atoms with Crippen LogP contribution in [0.15, 0.2) is 42.6 Å². The van der Waals surface area contributed by atoms with E-state index in [4.69, 9.17) is 16.3 Å². The Balaban J connectivity index is 1.92. The molecule has 0 aliphatic heterocycles. The smallest absolute Gasteiger partial charge is 0.267 e. The lowest BCUT2D eigenvalue weighted by Gasteiger charge is -2.12. The molecule has 0 saturated carbocycles. The summed E-state index contributed by atoms with van der Waals surface area (Å²) >= 11 is 6.15. The van der Waals surface area contributed by atoms with E-state index >= 15 is 0 Å². The molecule has 162 valence electrons. The summed E-state index contributed by atoms with van der Waals surface area (Å²) in [7, 11) is -3.86. The van der Waals surface area contributed by atoms with Crippen molar-refractivity contribution in [2.75, 3.05) is 6.26 Å². The minimum Gasteiger partial charge on any atom is -0.434 e. The molecule has 31 heavy (non-hydrogen) atoms. The lowest BCUT2D eigenvalue weighted by molar-refractivity contribution is 0.0977. The van der Waals surface area contributed by atoms with Gasteiger partial charge in [-0.15, -0.1) is 0 Å². The third-order valence-electron chi connectivity index (χ3n) is 4.06. The number of ether oxygens (including phenoxy) is 1. The normalized spacial score (nSPS) is 11.3. The summed E-state index contributed by atoms with van der Waals surface area (Å²) in [6, 6.07) is 6.36. The van der Waals surface area contributed by atoms with E-state index in [0.717, 1.165) is 24.5 Å². The lowest BCUT2D eigenvalue weighted by atomic mass is 9.99. The number of nitrogens with zero attached hydrogens (tertiary/aromatic N) is 1. The number of halogens is 4. The first kappa shape index (κ1) is 22.6. The topological polar surface area (TPSA) is 85.4 Å². The van der Waals surface area contributed by atoms with Crippen LogP contribution in [-0.4, -0.2) is 25.6 Å². The Morgan fingerprint density at radius 3 is 2.42 bits per heavy atom. The van der Waals surface area contributed by atoms with Gasteiger partial charge in [0.05, 0.1) is 11.8 Å². The maximum absolute atomic E-state index is 14.5. The van der Waals surface area contributed by atoms with Crippen molar-refractivity contribution >= 4 is 27.5 Å². The van der Waals surface area contributed by atoms with Gasteiger partial charge in [0.15, 0.2) is 11.6 Å². The number of benzene rings is 2. The van der Waals surface area contributed by atoms with E-state index in [1.165, 1.54) is 18.3 Å². The number of carbonyl (C=O) groups excluding carboxylic acids is 1. The highest BCUT2D eigenvalue weighted by Gasteiger charge is 2.19. The highest BCUT2D eigenvalue weighted by Crippen LogP contribution is 2.34. The summed E-state index contributed by atoms with van der Waals surface area (Å²) in [6.07, 6.45) is 2.07. The summed E-state index contributed by atoms with van der Waals surface area (Å²) in [6.45, 7) is 1.58. The largest absolute Gasteiger partial charge is 0.434 e. The zero-order valence-corrected chi connectivity index (χ0v) is 17.6. The molecule has 1 N–H and O–H groups in total. The molecule has 3 rings (SSSR count). The molecule has 0 atom stereocenters. The van der Waals surface area contributed by atoms with Gasteiger partial charge in [0.2, 0.25) is 15.9 Å². The molecule has 0 spiro atoms. The van der Waals surface area contributed by atoms with Crippen LogP contribution in [0.25, 0.3) is 11.1 Å². The number of sulfonamides is 1. The third kappa shape index (κ3) is 5.33. The standard InChI is InChI=1S/C20H14ClF3N2O4S/c1-10-5-14(19(27)26-31(2,28)29)16(23)8-13(10)11-6-15(21)20(25-9-11)30-18-4-3-12(22)7-17(18)24/h3-9H,1-2H3,(H,26,27). The predicted molar refractivity (Wildman–Crippen MR) is 108 cm³/mol. The molecule has 1 heterocycles. The van der Waals surface area contributed by atoms with Crippen LogP contribution in [0.4, 0.5) is 13.2 Å². The van der Waals surface area contributed by atoms with Crippen LogP contribution < -0.4 is 9.46 Å². The second-order valence-electron chi connectivity index (χ2n) is 6.54. The molecule has 1 amide bonds. The Labute approximate surface area is 180 Å². The van der Waals surface area contributed by atoms with Crippen LogP contribution in [0.5, 0.6) is 11.6 Å². The molecule has 0 aliphatic rings. The van der Waals surface area contributed by atoms with E-state index in [0.29, 0.717) is 22.8 Å². The lowest BCUT2D eigenvalue weighted by Crippen LogP contribution is -2.30. The Hall–Kier alpha value is -3.11. The fourth-order valence-corrected chi connectivity index (χ4v) is 3.35. The molecule has 3 aromatic rings. The molecule has 0 bridgehead atoms. The van der Waals surface area contributed by atoms with Crippen molar-refractivity contribution < 1.29 is 31.1 Å². The maximum Gasteiger partial charge on any atom is 0.267 e. The first-order valence-electron chi connectivity index (χ1n) is 8.55. The average Bonchev–Trinajstić information content (AvgIpc) is 2.65. The third-order valence-corrected chi connectivity index (χ3v) is 4.88. The molecule has 0 fully saturated rings. The van der Waals surface area contributed by atoms with Crippen molar-refractivity contribution in [1.29, 1.82) is 0 Å². The van der Waals surface area contributed by atoms with E-state index in [-0.39, 0.29) is 16.7 Å². The molecule has 11 heteroatoms. The highest BCUT2D eigenvalue weighted by atomic mass is 35.5. The monoisotopic (exact) mass is 470 g/mol. The second-order valence-corrected chi connectivity index (χ2v) is 8.69. The first-order valence-corrected chi connectivity index (χ1v) is 10.8.